The molecule has 1 atom stereocenters. The third kappa shape index (κ3) is 6.44. The summed E-state index contributed by atoms with van der Waals surface area (Å²) in [6, 6.07) is 6.65. The van der Waals surface area contributed by atoms with Gasteiger partial charge in [-0.3, -0.25) is 0 Å². The van der Waals surface area contributed by atoms with Crippen molar-refractivity contribution in [1.82, 2.24) is 0 Å². The van der Waals surface area contributed by atoms with Crippen molar-refractivity contribution >= 4 is 37.4 Å². The fraction of sp³-hybridized carbons (Fsp3) is 0.579. The molecule has 0 amide bonds. The van der Waals surface area contributed by atoms with E-state index in [1.807, 2.05) is 0 Å². The molecule has 0 spiro atoms. The highest BCUT2D eigenvalue weighted by Gasteiger charge is 2.06. The van der Waals surface area contributed by atoms with Crippen LogP contribution < -0.4 is 10.5 Å². The van der Waals surface area contributed by atoms with E-state index < -0.39 is 0 Å². The summed E-state index contributed by atoms with van der Waals surface area (Å²) in [5, 5.41) is 3.34. The quantitative estimate of drug-likeness (QED) is 0.438. The second-order valence-corrected chi connectivity index (χ2v) is 8.07. The van der Waals surface area contributed by atoms with Gasteiger partial charge in [-0.2, -0.15) is 0 Å². The summed E-state index contributed by atoms with van der Waals surface area (Å²) in [4.78, 5) is 0. The first-order chi connectivity index (χ1) is 11.2. The molecule has 1 aromatic heterocycles. The fourth-order valence-corrected chi connectivity index (χ4v) is 4.21. The van der Waals surface area contributed by atoms with Crippen LogP contribution in [-0.4, -0.2) is 12.6 Å². The smallest absolute Gasteiger partial charge is 0.128 e. The summed E-state index contributed by atoms with van der Waals surface area (Å²) < 4.78 is 8.40. The van der Waals surface area contributed by atoms with Crippen molar-refractivity contribution in [1.29, 1.82) is 0 Å². The fourth-order valence-electron chi connectivity index (χ4n) is 2.76. The zero-order valence-corrected chi connectivity index (χ0v) is 16.4. The van der Waals surface area contributed by atoms with Crippen molar-refractivity contribution in [3.63, 3.8) is 0 Å². The molecule has 0 aliphatic heterocycles. The number of nitrogens with two attached hydrogens (primary N) is 1. The Kier molecular flexibility index (Phi) is 8.41. The van der Waals surface area contributed by atoms with Crippen LogP contribution in [0, 0.1) is 0 Å². The second-order valence-electron chi connectivity index (χ2n) is 6.30. The normalized spacial score (nSPS) is 12.7. The van der Waals surface area contributed by atoms with Gasteiger partial charge in [0.05, 0.1) is 11.3 Å². The van der Waals surface area contributed by atoms with Crippen LogP contribution in [0.3, 0.4) is 0 Å². The summed E-state index contributed by atoms with van der Waals surface area (Å²) >= 11 is 5.35. The molecular formula is C19H28BrNOS. The van der Waals surface area contributed by atoms with Crippen molar-refractivity contribution in [2.75, 3.05) is 6.61 Å². The molecule has 23 heavy (non-hydrogen) atoms. The Morgan fingerprint density at radius 2 is 1.74 bits per heavy atom. The Hall–Kier alpha value is -0.580. The van der Waals surface area contributed by atoms with Gasteiger partial charge in [0, 0.05) is 15.9 Å². The van der Waals surface area contributed by atoms with Crippen molar-refractivity contribution < 1.29 is 4.74 Å². The van der Waals surface area contributed by atoms with Gasteiger partial charge in [0.1, 0.15) is 5.75 Å². The number of ether oxygens (including phenoxy) is 1. The summed E-state index contributed by atoms with van der Waals surface area (Å²) in [5.41, 5.74) is 5.76. The van der Waals surface area contributed by atoms with E-state index in [4.69, 9.17) is 10.5 Å². The lowest BCUT2D eigenvalue weighted by molar-refractivity contribution is 0.307. The van der Waals surface area contributed by atoms with Crippen LogP contribution in [-0.2, 0) is 0 Å². The van der Waals surface area contributed by atoms with Gasteiger partial charge in [-0.1, -0.05) is 38.5 Å². The van der Waals surface area contributed by atoms with E-state index in [2.05, 4.69) is 46.4 Å². The molecule has 1 unspecified atom stereocenters. The van der Waals surface area contributed by atoms with E-state index in [0.29, 0.717) is 6.04 Å². The van der Waals surface area contributed by atoms with Gasteiger partial charge in [-0.25, -0.2) is 0 Å². The van der Waals surface area contributed by atoms with Crippen LogP contribution in [0.5, 0.6) is 5.75 Å². The minimum absolute atomic E-state index is 0.362. The van der Waals surface area contributed by atoms with E-state index in [1.165, 1.54) is 48.6 Å². The van der Waals surface area contributed by atoms with Gasteiger partial charge < -0.3 is 10.5 Å². The molecule has 0 fully saturated rings. The molecule has 2 aromatic rings. The molecule has 0 saturated heterocycles. The predicted octanol–water partition coefficient (Wildman–Crippen LogP) is 6.51. The minimum Gasteiger partial charge on any atom is -0.493 e. The molecule has 2 rings (SSSR count). The Labute approximate surface area is 152 Å². The number of hydrogen-bond acceptors (Lipinski definition) is 3. The lowest BCUT2D eigenvalue weighted by Crippen LogP contribution is -2.13. The van der Waals surface area contributed by atoms with Crippen LogP contribution in [0.25, 0.3) is 10.1 Å². The van der Waals surface area contributed by atoms with Gasteiger partial charge in [0.2, 0.25) is 0 Å². The highest BCUT2D eigenvalue weighted by Crippen LogP contribution is 2.35. The van der Waals surface area contributed by atoms with Gasteiger partial charge >= 0.3 is 0 Å². The molecule has 1 heterocycles. The van der Waals surface area contributed by atoms with Gasteiger partial charge in [0.15, 0.2) is 0 Å². The number of unbranched alkanes of at least 4 members (excludes halogenated alkanes) is 6. The van der Waals surface area contributed by atoms with E-state index >= 15 is 0 Å². The maximum absolute atomic E-state index is 5.98. The zero-order chi connectivity index (χ0) is 16.5. The first kappa shape index (κ1) is 18.8. The lowest BCUT2D eigenvalue weighted by atomic mass is 10.1. The Bertz CT molecular complexity index is 582. The third-order valence-corrected chi connectivity index (χ3v) is 5.96. The zero-order valence-electron chi connectivity index (χ0n) is 14.0. The van der Waals surface area contributed by atoms with Crippen LogP contribution in [0.15, 0.2) is 28.1 Å². The summed E-state index contributed by atoms with van der Waals surface area (Å²) in [7, 11) is 0. The SMILES string of the molecule is CC(N)CCCCCCCCCOc1ccc(Br)c2sccc12. The van der Waals surface area contributed by atoms with Crippen LogP contribution in [0.2, 0.25) is 0 Å². The largest absolute Gasteiger partial charge is 0.493 e. The Balaban J connectivity index is 1.55. The maximum Gasteiger partial charge on any atom is 0.128 e. The monoisotopic (exact) mass is 397 g/mol. The first-order valence-electron chi connectivity index (χ1n) is 8.72. The number of hydrogen-bond donors (Lipinski definition) is 1. The highest BCUT2D eigenvalue weighted by molar-refractivity contribution is 9.10. The Morgan fingerprint density at radius 1 is 1.04 bits per heavy atom. The molecule has 0 radical (unpaired) electrons. The van der Waals surface area contributed by atoms with Crippen molar-refractivity contribution in [2.45, 2.75) is 64.3 Å². The molecule has 0 aliphatic rings. The standard InChI is InChI=1S/C19H28BrNOS/c1-15(21)9-7-5-3-2-4-6-8-13-22-18-11-10-17(20)19-16(18)12-14-23-19/h10-12,14-15H,2-9,13,21H2,1H3. The number of halogens is 1. The summed E-state index contributed by atoms with van der Waals surface area (Å²) in [6.07, 6.45) is 10.2. The van der Waals surface area contributed by atoms with Crippen LogP contribution >= 0.6 is 27.3 Å². The topological polar surface area (TPSA) is 35.2 Å². The molecule has 1 aromatic carbocycles. The second kappa shape index (κ2) is 10.3. The number of thiophene rings is 1. The maximum atomic E-state index is 5.98. The van der Waals surface area contributed by atoms with Crippen molar-refractivity contribution in [3.05, 3.63) is 28.1 Å². The van der Waals surface area contributed by atoms with Gasteiger partial charge in [0.25, 0.3) is 0 Å². The van der Waals surface area contributed by atoms with E-state index in [0.717, 1.165) is 29.7 Å². The number of fused-ring (bicyclic) bond motifs is 1. The van der Waals surface area contributed by atoms with Crippen molar-refractivity contribution in [2.24, 2.45) is 5.73 Å². The molecular weight excluding hydrogens is 370 g/mol. The van der Waals surface area contributed by atoms with Crippen LogP contribution in [0.4, 0.5) is 0 Å². The molecule has 128 valence electrons. The van der Waals surface area contributed by atoms with E-state index in [-0.39, 0.29) is 0 Å². The molecule has 0 saturated carbocycles. The first-order valence-corrected chi connectivity index (χ1v) is 10.4. The lowest BCUT2D eigenvalue weighted by Gasteiger charge is -2.08. The van der Waals surface area contributed by atoms with Gasteiger partial charge in [-0.15, -0.1) is 11.3 Å². The Morgan fingerprint density at radius 3 is 2.48 bits per heavy atom. The number of benzene rings is 1. The van der Waals surface area contributed by atoms with E-state index in [1.54, 1.807) is 11.3 Å². The highest BCUT2D eigenvalue weighted by atomic mass is 79.9. The molecule has 4 heteroatoms. The minimum atomic E-state index is 0.362. The average molecular weight is 398 g/mol. The third-order valence-electron chi connectivity index (χ3n) is 4.09. The van der Waals surface area contributed by atoms with Gasteiger partial charge in [-0.05, 0) is 59.3 Å². The average Bonchev–Trinajstić information content (AvgIpc) is 3.01. The van der Waals surface area contributed by atoms with E-state index in [9.17, 15) is 0 Å². The molecule has 2 nitrogen and oxygen atoms in total. The number of rotatable bonds is 11. The molecule has 2 N–H and O–H groups in total. The predicted molar refractivity (Wildman–Crippen MR) is 106 cm³/mol. The summed E-state index contributed by atoms with van der Waals surface area (Å²) in [6.45, 7) is 2.91. The molecule has 0 bridgehead atoms. The van der Waals surface area contributed by atoms with Crippen molar-refractivity contribution in [3.8, 4) is 5.75 Å². The van der Waals surface area contributed by atoms with Crippen LogP contribution in [0.1, 0.15) is 58.3 Å². The molecule has 0 aliphatic carbocycles. The summed E-state index contributed by atoms with van der Waals surface area (Å²) in [5.74, 6) is 1.01.